The van der Waals surface area contributed by atoms with Crippen LogP contribution in [0.1, 0.15) is 17.9 Å². The Hall–Kier alpha value is -1.88. The van der Waals surface area contributed by atoms with Gasteiger partial charge in [0.05, 0.1) is 0 Å². The normalized spacial score (nSPS) is 23.6. The van der Waals surface area contributed by atoms with Crippen molar-refractivity contribution in [2.75, 3.05) is 38.1 Å². The molecule has 3 rings (SSSR count). The summed E-state index contributed by atoms with van der Waals surface area (Å²) in [5, 5.41) is 3.35. The summed E-state index contributed by atoms with van der Waals surface area (Å²) in [7, 11) is 1.66. The molecule has 2 aliphatic rings. The number of anilines is 1. The number of carbonyl (C=O) groups excluding carboxylic acids is 2. The molecule has 1 aromatic carbocycles. The van der Waals surface area contributed by atoms with Gasteiger partial charge >= 0.3 is 11.8 Å². The van der Waals surface area contributed by atoms with Crippen LogP contribution in [0.15, 0.2) is 24.3 Å². The molecule has 5 heteroatoms. The van der Waals surface area contributed by atoms with Gasteiger partial charge in [-0.05, 0) is 36.6 Å². The first kappa shape index (κ1) is 13.1. The third-order valence-corrected chi connectivity index (χ3v) is 4.17. The molecular formula is C15H19N3O2. The maximum absolute atomic E-state index is 12.0. The number of nitrogens with one attached hydrogen (secondary N) is 1. The van der Waals surface area contributed by atoms with Gasteiger partial charge in [-0.15, -0.1) is 0 Å². The molecule has 2 aliphatic heterocycles. The Bertz CT molecular complexity index is 520. The zero-order valence-electron chi connectivity index (χ0n) is 11.6. The Morgan fingerprint density at radius 2 is 1.85 bits per heavy atom. The van der Waals surface area contributed by atoms with Crippen LogP contribution in [0.25, 0.3) is 0 Å². The fourth-order valence-corrected chi connectivity index (χ4v) is 2.84. The SMILES string of the molecule is CN1CCN(c2ccc(C3CCNC3)cc2)C(=O)C1=O. The average Bonchev–Trinajstić information content (AvgIpc) is 3.00. The molecule has 0 bridgehead atoms. The van der Waals surface area contributed by atoms with Crippen LogP contribution in [0.2, 0.25) is 0 Å². The van der Waals surface area contributed by atoms with E-state index in [1.165, 1.54) is 10.5 Å². The van der Waals surface area contributed by atoms with Crippen molar-refractivity contribution in [1.29, 1.82) is 0 Å². The zero-order chi connectivity index (χ0) is 14.1. The summed E-state index contributed by atoms with van der Waals surface area (Å²) >= 11 is 0. The minimum absolute atomic E-state index is 0.430. The van der Waals surface area contributed by atoms with Crippen molar-refractivity contribution in [3.8, 4) is 0 Å². The van der Waals surface area contributed by atoms with Crippen LogP contribution in [0.3, 0.4) is 0 Å². The maximum Gasteiger partial charge on any atom is 0.316 e. The number of hydrogen-bond acceptors (Lipinski definition) is 3. The Kier molecular flexibility index (Phi) is 3.44. The van der Waals surface area contributed by atoms with Crippen molar-refractivity contribution in [2.45, 2.75) is 12.3 Å². The van der Waals surface area contributed by atoms with E-state index < -0.39 is 11.8 Å². The highest BCUT2D eigenvalue weighted by molar-refractivity contribution is 6.40. The topological polar surface area (TPSA) is 52.6 Å². The van der Waals surface area contributed by atoms with Crippen LogP contribution in [-0.2, 0) is 9.59 Å². The smallest absolute Gasteiger partial charge is 0.316 e. The zero-order valence-corrected chi connectivity index (χ0v) is 11.6. The third-order valence-electron chi connectivity index (χ3n) is 4.17. The molecule has 2 heterocycles. The van der Waals surface area contributed by atoms with Crippen LogP contribution in [0.4, 0.5) is 5.69 Å². The fraction of sp³-hybridized carbons (Fsp3) is 0.467. The number of hydrogen-bond donors (Lipinski definition) is 1. The highest BCUT2D eigenvalue weighted by Gasteiger charge is 2.31. The van der Waals surface area contributed by atoms with E-state index >= 15 is 0 Å². The van der Waals surface area contributed by atoms with E-state index in [2.05, 4.69) is 17.4 Å². The first-order chi connectivity index (χ1) is 9.66. The summed E-state index contributed by atoms with van der Waals surface area (Å²) < 4.78 is 0. The van der Waals surface area contributed by atoms with Crippen LogP contribution >= 0.6 is 0 Å². The van der Waals surface area contributed by atoms with Gasteiger partial charge in [-0.1, -0.05) is 12.1 Å². The lowest BCUT2D eigenvalue weighted by atomic mass is 9.98. The molecule has 5 nitrogen and oxygen atoms in total. The van der Waals surface area contributed by atoms with Gasteiger partial charge in [0.1, 0.15) is 0 Å². The number of amides is 2. The summed E-state index contributed by atoms with van der Waals surface area (Å²) in [6.45, 7) is 3.23. The molecule has 0 spiro atoms. The maximum atomic E-state index is 12.0. The van der Waals surface area contributed by atoms with E-state index in [4.69, 9.17) is 0 Å². The molecule has 0 aliphatic carbocycles. The van der Waals surface area contributed by atoms with Crippen molar-refractivity contribution >= 4 is 17.5 Å². The van der Waals surface area contributed by atoms with Crippen molar-refractivity contribution in [3.05, 3.63) is 29.8 Å². The number of nitrogens with zero attached hydrogens (tertiary/aromatic N) is 2. The molecule has 2 fully saturated rings. The number of likely N-dealkylation sites (N-methyl/N-ethyl adjacent to an activating group) is 1. The second-order valence-electron chi connectivity index (χ2n) is 5.46. The third kappa shape index (κ3) is 2.29. The van der Waals surface area contributed by atoms with E-state index in [0.29, 0.717) is 19.0 Å². The van der Waals surface area contributed by atoms with Crippen molar-refractivity contribution in [2.24, 2.45) is 0 Å². The number of benzene rings is 1. The molecule has 1 aromatic rings. The molecule has 1 unspecified atom stereocenters. The van der Waals surface area contributed by atoms with Crippen LogP contribution in [-0.4, -0.2) is 49.9 Å². The van der Waals surface area contributed by atoms with E-state index in [1.807, 2.05) is 12.1 Å². The minimum atomic E-state index is -0.436. The van der Waals surface area contributed by atoms with Crippen molar-refractivity contribution < 1.29 is 9.59 Å². The van der Waals surface area contributed by atoms with Gasteiger partial charge in [-0.25, -0.2) is 0 Å². The standard InChI is InChI=1S/C15H19N3O2/c1-17-8-9-18(15(20)14(17)19)13-4-2-11(3-5-13)12-6-7-16-10-12/h2-5,12,16H,6-10H2,1H3. The molecule has 2 amide bonds. The van der Waals surface area contributed by atoms with Gasteiger partial charge in [0, 0.05) is 32.4 Å². The predicted octanol–water partition coefficient (Wildman–Crippen LogP) is 0.569. The summed E-state index contributed by atoms with van der Waals surface area (Å²) in [6, 6.07) is 8.04. The first-order valence-electron chi connectivity index (χ1n) is 7.04. The molecule has 20 heavy (non-hydrogen) atoms. The molecule has 0 saturated carbocycles. The van der Waals surface area contributed by atoms with E-state index in [1.54, 1.807) is 11.9 Å². The number of carbonyl (C=O) groups is 2. The molecule has 0 radical (unpaired) electrons. The quantitative estimate of drug-likeness (QED) is 0.802. The minimum Gasteiger partial charge on any atom is -0.336 e. The van der Waals surface area contributed by atoms with Gasteiger partial charge < -0.3 is 15.1 Å². The van der Waals surface area contributed by atoms with Gasteiger partial charge in [-0.2, -0.15) is 0 Å². The van der Waals surface area contributed by atoms with Gasteiger partial charge in [0.25, 0.3) is 0 Å². The van der Waals surface area contributed by atoms with E-state index in [0.717, 1.165) is 25.2 Å². The van der Waals surface area contributed by atoms with Gasteiger partial charge in [-0.3, -0.25) is 9.59 Å². The van der Waals surface area contributed by atoms with Gasteiger partial charge in [0.2, 0.25) is 0 Å². The lowest BCUT2D eigenvalue weighted by molar-refractivity contribution is -0.145. The second-order valence-corrected chi connectivity index (χ2v) is 5.46. The monoisotopic (exact) mass is 273 g/mol. The largest absolute Gasteiger partial charge is 0.336 e. The first-order valence-corrected chi connectivity index (χ1v) is 7.04. The lowest BCUT2D eigenvalue weighted by Gasteiger charge is -2.31. The molecule has 1 atom stereocenters. The Balaban J connectivity index is 1.77. The Labute approximate surface area is 118 Å². The lowest BCUT2D eigenvalue weighted by Crippen LogP contribution is -2.53. The van der Waals surface area contributed by atoms with Crippen LogP contribution < -0.4 is 10.2 Å². The molecule has 106 valence electrons. The van der Waals surface area contributed by atoms with E-state index in [-0.39, 0.29) is 0 Å². The Morgan fingerprint density at radius 3 is 2.50 bits per heavy atom. The predicted molar refractivity (Wildman–Crippen MR) is 76.7 cm³/mol. The molecule has 0 aromatic heterocycles. The van der Waals surface area contributed by atoms with Crippen LogP contribution in [0.5, 0.6) is 0 Å². The second kappa shape index (κ2) is 5.25. The summed E-state index contributed by atoms with van der Waals surface area (Å²) in [4.78, 5) is 26.8. The fourth-order valence-electron chi connectivity index (χ4n) is 2.84. The van der Waals surface area contributed by atoms with Crippen molar-refractivity contribution in [3.63, 3.8) is 0 Å². The summed E-state index contributed by atoms with van der Waals surface area (Å²) in [5.41, 5.74) is 2.11. The highest BCUT2D eigenvalue weighted by Crippen LogP contribution is 2.25. The summed E-state index contributed by atoms with van der Waals surface area (Å²) in [6.07, 6.45) is 1.16. The number of rotatable bonds is 2. The van der Waals surface area contributed by atoms with Crippen LogP contribution in [0, 0.1) is 0 Å². The van der Waals surface area contributed by atoms with Crippen molar-refractivity contribution in [1.82, 2.24) is 10.2 Å². The average molecular weight is 273 g/mol. The van der Waals surface area contributed by atoms with E-state index in [9.17, 15) is 9.59 Å². The van der Waals surface area contributed by atoms with Gasteiger partial charge in [0.15, 0.2) is 0 Å². The highest BCUT2D eigenvalue weighted by atomic mass is 16.2. The Morgan fingerprint density at radius 1 is 1.10 bits per heavy atom. The molecule has 2 saturated heterocycles. The number of piperazine rings is 1. The molecule has 1 N–H and O–H groups in total. The summed E-state index contributed by atoms with van der Waals surface area (Å²) in [5.74, 6) is -0.303. The molecular weight excluding hydrogens is 254 g/mol.